The number of rotatable bonds is 5. The van der Waals surface area contributed by atoms with E-state index >= 15 is 0 Å². The molecule has 12 aromatic rings. The second-order valence-electron chi connectivity index (χ2n) is 14.6. The van der Waals surface area contributed by atoms with Crippen LogP contribution in [0.3, 0.4) is 0 Å². The number of pyridine rings is 1. The van der Waals surface area contributed by atoms with Crippen LogP contribution in [0.1, 0.15) is 0 Å². The molecule has 0 atom stereocenters. The summed E-state index contributed by atoms with van der Waals surface area (Å²) < 4.78 is 4.84. The SMILES string of the molecule is c1ccc(-c2nc(-c3ccc(-n4c5ccccc5c5ccccc54)cc3)nc(-c3ccc(-c4nc5ccccc5c5sc6ccccc6c45)c4ccccc34)n2)cc1. The highest BCUT2D eigenvalue weighted by Crippen LogP contribution is 2.45. The van der Waals surface area contributed by atoms with Crippen LogP contribution >= 0.6 is 11.3 Å². The van der Waals surface area contributed by atoms with E-state index in [1.165, 1.54) is 47.4 Å². The van der Waals surface area contributed by atoms with E-state index in [0.717, 1.165) is 49.9 Å². The molecule has 0 saturated heterocycles. The number of para-hydroxylation sites is 3. The predicted molar refractivity (Wildman–Crippen MR) is 242 cm³/mol. The molecule has 270 valence electrons. The lowest BCUT2D eigenvalue weighted by molar-refractivity contribution is 1.07. The summed E-state index contributed by atoms with van der Waals surface area (Å²) >= 11 is 1.84. The molecule has 58 heavy (non-hydrogen) atoms. The quantitative estimate of drug-likeness (QED) is 0.175. The first-order chi connectivity index (χ1) is 28.8. The molecule has 0 saturated carbocycles. The molecule has 0 bridgehead atoms. The molecule has 0 aliphatic rings. The molecule has 4 heterocycles. The van der Waals surface area contributed by atoms with Gasteiger partial charge in [0.15, 0.2) is 17.5 Å². The largest absolute Gasteiger partial charge is 0.309 e. The van der Waals surface area contributed by atoms with Gasteiger partial charge < -0.3 is 4.57 Å². The van der Waals surface area contributed by atoms with Crippen LogP contribution in [0.5, 0.6) is 0 Å². The first kappa shape index (κ1) is 32.7. The molecule has 0 fully saturated rings. The lowest BCUT2D eigenvalue weighted by Crippen LogP contribution is -2.01. The highest BCUT2D eigenvalue weighted by molar-refractivity contribution is 7.26. The van der Waals surface area contributed by atoms with Crippen molar-refractivity contribution in [1.29, 1.82) is 0 Å². The van der Waals surface area contributed by atoms with Gasteiger partial charge in [0.25, 0.3) is 0 Å². The van der Waals surface area contributed by atoms with Gasteiger partial charge in [-0.3, -0.25) is 0 Å². The van der Waals surface area contributed by atoms with Crippen LogP contribution in [0.25, 0.3) is 115 Å². The van der Waals surface area contributed by atoms with E-state index in [0.29, 0.717) is 17.5 Å². The zero-order valence-electron chi connectivity index (χ0n) is 31.0. The molecule has 6 heteroatoms. The van der Waals surface area contributed by atoms with Crippen molar-refractivity contribution in [2.45, 2.75) is 0 Å². The van der Waals surface area contributed by atoms with Crippen LogP contribution in [-0.4, -0.2) is 24.5 Å². The van der Waals surface area contributed by atoms with Gasteiger partial charge in [0.2, 0.25) is 0 Å². The molecule has 0 aliphatic carbocycles. The van der Waals surface area contributed by atoms with E-state index < -0.39 is 0 Å². The number of benzene rings is 8. The Balaban J connectivity index is 1.04. The fraction of sp³-hybridized carbons (Fsp3) is 0. The van der Waals surface area contributed by atoms with E-state index in [1.807, 2.05) is 29.5 Å². The average molecular weight is 758 g/mol. The van der Waals surface area contributed by atoms with Crippen LogP contribution in [0.2, 0.25) is 0 Å². The van der Waals surface area contributed by atoms with Crippen molar-refractivity contribution < 1.29 is 0 Å². The molecule has 12 rings (SSSR count). The van der Waals surface area contributed by atoms with Crippen molar-refractivity contribution in [3.8, 4) is 51.1 Å². The third kappa shape index (κ3) is 5.09. The Morgan fingerprint density at radius 3 is 1.59 bits per heavy atom. The van der Waals surface area contributed by atoms with Gasteiger partial charge in [0.05, 0.1) is 22.2 Å². The molecule has 0 unspecified atom stereocenters. The number of nitrogens with zero attached hydrogens (tertiary/aromatic N) is 5. The highest BCUT2D eigenvalue weighted by atomic mass is 32.1. The summed E-state index contributed by atoms with van der Waals surface area (Å²) in [6.07, 6.45) is 0. The summed E-state index contributed by atoms with van der Waals surface area (Å²) in [5.74, 6) is 1.87. The number of hydrogen-bond acceptors (Lipinski definition) is 5. The van der Waals surface area contributed by atoms with Crippen LogP contribution in [0.15, 0.2) is 188 Å². The van der Waals surface area contributed by atoms with E-state index in [2.05, 4.69) is 174 Å². The maximum absolute atomic E-state index is 5.38. The molecule has 4 aromatic heterocycles. The minimum absolute atomic E-state index is 0.619. The third-order valence-electron chi connectivity index (χ3n) is 11.3. The monoisotopic (exact) mass is 757 g/mol. The maximum Gasteiger partial charge on any atom is 0.164 e. The number of thiophene rings is 1. The molecule has 0 N–H and O–H groups in total. The Bertz CT molecular complexity index is 3510. The van der Waals surface area contributed by atoms with Crippen molar-refractivity contribution in [3.05, 3.63) is 188 Å². The van der Waals surface area contributed by atoms with Crippen molar-refractivity contribution in [2.24, 2.45) is 0 Å². The Morgan fingerprint density at radius 2 is 0.879 bits per heavy atom. The number of hydrogen-bond donors (Lipinski definition) is 0. The summed E-state index contributed by atoms with van der Waals surface area (Å²) in [4.78, 5) is 20.9. The Kier molecular flexibility index (Phi) is 7.33. The van der Waals surface area contributed by atoms with Gasteiger partial charge in [0, 0.05) is 64.3 Å². The van der Waals surface area contributed by atoms with Gasteiger partial charge in [-0.2, -0.15) is 0 Å². The zero-order valence-corrected chi connectivity index (χ0v) is 31.9. The van der Waals surface area contributed by atoms with Crippen molar-refractivity contribution in [3.63, 3.8) is 0 Å². The van der Waals surface area contributed by atoms with Crippen LogP contribution in [-0.2, 0) is 0 Å². The number of aromatic nitrogens is 5. The lowest BCUT2D eigenvalue weighted by atomic mass is 9.94. The maximum atomic E-state index is 5.38. The molecular weight excluding hydrogens is 727 g/mol. The number of fused-ring (bicyclic) bond motifs is 9. The standard InChI is InChI=1S/C52H31N5S/c1-2-14-32(15-3-1)50-54-51(33-26-28-34(29-27-33)57-44-23-11-7-18-37(44)38-19-8-12-24-45(38)57)56-52(55-50)40-31-30-39(35-16-4-5-17-36(35)40)48-47-42-21-9-13-25-46(42)58-49(47)41-20-6-10-22-43(41)53-48/h1-31H. The lowest BCUT2D eigenvalue weighted by Gasteiger charge is -2.14. The minimum Gasteiger partial charge on any atom is -0.309 e. The molecule has 8 aromatic carbocycles. The van der Waals surface area contributed by atoms with E-state index in [4.69, 9.17) is 19.9 Å². The second-order valence-corrected chi connectivity index (χ2v) is 15.6. The van der Waals surface area contributed by atoms with Crippen molar-refractivity contribution >= 4 is 75.0 Å². The average Bonchev–Trinajstić information content (AvgIpc) is 3.86. The van der Waals surface area contributed by atoms with Crippen molar-refractivity contribution in [1.82, 2.24) is 24.5 Å². The van der Waals surface area contributed by atoms with Crippen LogP contribution in [0, 0.1) is 0 Å². The Labute approximate surface area is 337 Å². The van der Waals surface area contributed by atoms with Gasteiger partial charge in [0.1, 0.15) is 0 Å². The fourth-order valence-electron chi connectivity index (χ4n) is 8.61. The summed E-state index contributed by atoms with van der Waals surface area (Å²) in [5, 5.41) is 8.22. The van der Waals surface area contributed by atoms with Gasteiger partial charge >= 0.3 is 0 Å². The van der Waals surface area contributed by atoms with Crippen LogP contribution < -0.4 is 0 Å². The van der Waals surface area contributed by atoms with E-state index in [1.54, 1.807) is 0 Å². The Hall–Kier alpha value is -7.54. The topological polar surface area (TPSA) is 56.5 Å². The smallest absolute Gasteiger partial charge is 0.164 e. The third-order valence-corrected chi connectivity index (χ3v) is 12.5. The van der Waals surface area contributed by atoms with Gasteiger partial charge in [-0.15, -0.1) is 11.3 Å². The highest BCUT2D eigenvalue weighted by Gasteiger charge is 2.21. The Morgan fingerprint density at radius 1 is 0.362 bits per heavy atom. The molecule has 0 aliphatic heterocycles. The van der Waals surface area contributed by atoms with Crippen LogP contribution in [0.4, 0.5) is 0 Å². The molecular formula is C52H31N5S. The fourth-order valence-corrected chi connectivity index (χ4v) is 9.85. The van der Waals surface area contributed by atoms with E-state index in [9.17, 15) is 0 Å². The summed E-state index contributed by atoms with van der Waals surface area (Å²) in [5.41, 5.74) is 9.27. The van der Waals surface area contributed by atoms with Gasteiger partial charge in [-0.1, -0.05) is 133 Å². The van der Waals surface area contributed by atoms with Gasteiger partial charge in [-0.05, 0) is 65.4 Å². The molecule has 0 radical (unpaired) electrons. The normalized spacial score (nSPS) is 11.8. The summed E-state index contributed by atoms with van der Waals surface area (Å²) in [6, 6.07) is 66.0. The molecule has 0 spiro atoms. The predicted octanol–water partition coefficient (Wildman–Crippen LogP) is 13.7. The van der Waals surface area contributed by atoms with Crippen molar-refractivity contribution in [2.75, 3.05) is 0 Å². The minimum atomic E-state index is 0.619. The zero-order chi connectivity index (χ0) is 38.2. The molecule has 0 amide bonds. The van der Waals surface area contributed by atoms with E-state index in [-0.39, 0.29) is 0 Å². The summed E-state index contributed by atoms with van der Waals surface area (Å²) in [7, 11) is 0. The first-order valence-electron chi connectivity index (χ1n) is 19.4. The summed E-state index contributed by atoms with van der Waals surface area (Å²) in [6.45, 7) is 0. The van der Waals surface area contributed by atoms with Gasteiger partial charge in [-0.25, -0.2) is 19.9 Å². The second kappa shape index (κ2) is 13.0. The first-order valence-corrected chi connectivity index (χ1v) is 20.2. The molecule has 5 nitrogen and oxygen atoms in total.